The van der Waals surface area contributed by atoms with E-state index >= 15 is 0 Å². The van der Waals surface area contributed by atoms with Crippen LogP contribution in [0.5, 0.6) is 5.75 Å². The molecule has 3 nitrogen and oxygen atoms in total. The monoisotopic (exact) mass is 433 g/mol. The fourth-order valence-electron chi connectivity index (χ4n) is 1.89. The molecule has 1 aromatic heterocycles. The van der Waals surface area contributed by atoms with Crippen molar-refractivity contribution < 1.29 is 46.2 Å². The van der Waals surface area contributed by atoms with Crippen molar-refractivity contribution in [2.75, 3.05) is 12.2 Å². The van der Waals surface area contributed by atoms with Crippen LogP contribution < -0.4 is 10.3 Å². The van der Waals surface area contributed by atoms with Crippen molar-refractivity contribution in [2.24, 2.45) is 0 Å². The molecule has 1 heterocycles. The number of halogens is 3. The van der Waals surface area contributed by atoms with Crippen molar-refractivity contribution in [3.05, 3.63) is 51.8 Å². The Labute approximate surface area is 167 Å². The number of hydrogen-bond acceptors (Lipinski definition) is 3. The van der Waals surface area contributed by atoms with Crippen molar-refractivity contribution in [3.8, 4) is 17.0 Å². The summed E-state index contributed by atoms with van der Waals surface area (Å²) in [5, 5.41) is -0.135. The molecule has 1 aromatic carbocycles. The minimum atomic E-state index is -2.66. The summed E-state index contributed by atoms with van der Waals surface area (Å²) in [6, 6.07) is 10.9. The van der Waals surface area contributed by atoms with E-state index in [0.717, 1.165) is 4.57 Å². The summed E-state index contributed by atoms with van der Waals surface area (Å²) in [6.07, 6.45) is -0.743. The van der Waals surface area contributed by atoms with Crippen LogP contribution in [0.1, 0.15) is 0 Å². The summed E-state index contributed by atoms with van der Waals surface area (Å²) >= 11 is 7.25. The van der Waals surface area contributed by atoms with Crippen LogP contribution in [0, 0.1) is 6.07 Å². The Morgan fingerprint density at radius 3 is 2.57 bits per heavy atom. The maximum Gasteiger partial charge on any atom is 0.256 e. The summed E-state index contributed by atoms with van der Waals surface area (Å²) in [5.74, 6) is 1.18. The smallest absolute Gasteiger partial charge is 0.256 e. The van der Waals surface area contributed by atoms with Gasteiger partial charge < -0.3 is 9.30 Å². The maximum atomic E-state index is 12.7. The molecule has 1 radical (unpaired) electrons. The zero-order valence-corrected chi connectivity index (χ0v) is 16.7. The molecule has 8 heteroatoms. The molecule has 121 valence electrons. The van der Waals surface area contributed by atoms with Gasteiger partial charge in [0.05, 0.1) is 6.54 Å². The van der Waals surface area contributed by atoms with E-state index in [2.05, 4.69) is 6.07 Å². The zero-order chi connectivity index (χ0) is 16.1. The predicted octanol–water partition coefficient (Wildman–Crippen LogP) is 3.93. The molecule has 0 saturated heterocycles. The van der Waals surface area contributed by atoms with E-state index in [4.69, 9.17) is 16.3 Å². The Morgan fingerprint density at radius 2 is 2.00 bits per heavy atom. The van der Waals surface area contributed by atoms with Gasteiger partial charge in [0.2, 0.25) is 5.56 Å². The SMILES string of the molecule is CSCOc1ccc(-c2[c-]cc(Cl)c(=O)n2CC(F)F)cc1.[Y]. The number of hydrogen-bond donors (Lipinski definition) is 0. The second-order valence-electron chi connectivity index (χ2n) is 4.37. The Morgan fingerprint density at radius 1 is 1.35 bits per heavy atom. The quantitative estimate of drug-likeness (QED) is 0.511. The van der Waals surface area contributed by atoms with E-state index in [-0.39, 0.29) is 43.4 Å². The molecule has 0 spiro atoms. The minimum Gasteiger partial charge on any atom is -0.483 e. The van der Waals surface area contributed by atoms with Crippen molar-refractivity contribution in [1.82, 2.24) is 4.57 Å². The Hall–Kier alpha value is -0.426. The first kappa shape index (κ1) is 20.6. The molecule has 0 N–H and O–H groups in total. The number of nitrogens with zero attached hydrogens (tertiary/aromatic N) is 1. The van der Waals surface area contributed by atoms with E-state index in [1.807, 2.05) is 6.26 Å². The fraction of sp³-hybridized carbons (Fsp3) is 0.267. The van der Waals surface area contributed by atoms with E-state index in [9.17, 15) is 13.6 Å². The molecule has 0 amide bonds. The van der Waals surface area contributed by atoms with Crippen LogP contribution in [0.2, 0.25) is 5.02 Å². The second-order valence-corrected chi connectivity index (χ2v) is 5.59. The van der Waals surface area contributed by atoms with E-state index in [1.54, 1.807) is 24.3 Å². The van der Waals surface area contributed by atoms with Crippen LogP contribution in [-0.2, 0) is 39.3 Å². The fourth-order valence-corrected chi connectivity index (χ4v) is 2.30. The predicted molar refractivity (Wildman–Crippen MR) is 85.0 cm³/mol. The van der Waals surface area contributed by atoms with Gasteiger partial charge in [0.25, 0.3) is 6.43 Å². The third-order valence-electron chi connectivity index (χ3n) is 2.85. The average molecular weight is 434 g/mol. The van der Waals surface area contributed by atoms with Gasteiger partial charge in [-0.2, -0.15) is 23.7 Å². The summed E-state index contributed by atoms with van der Waals surface area (Å²) in [7, 11) is 0. The van der Waals surface area contributed by atoms with Gasteiger partial charge in [-0.1, -0.05) is 11.3 Å². The molecule has 0 fully saturated rings. The van der Waals surface area contributed by atoms with Crippen LogP contribution in [0.4, 0.5) is 8.78 Å². The zero-order valence-electron chi connectivity index (χ0n) is 12.3. The number of pyridine rings is 1. The molecule has 2 aromatic rings. The van der Waals surface area contributed by atoms with Crippen molar-refractivity contribution in [2.45, 2.75) is 13.0 Å². The molecular formula is C15H13ClF2NO2SY-. The molecule has 0 aliphatic rings. The van der Waals surface area contributed by atoms with E-state index in [0.29, 0.717) is 17.3 Å². The first-order valence-electron chi connectivity index (χ1n) is 6.34. The molecule has 0 atom stereocenters. The van der Waals surface area contributed by atoms with Gasteiger partial charge in [-0.25, -0.2) is 8.78 Å². The number of alkyl halides is 2. The third-order valence-corrected chi connectivity index (χ3v) is 3.47. The number of rotatable bonds is 6. The van der Waals surface area contributed by atoms with Gasteiger partial charge >= 0.3 is 0 Å². The molecule has 0 unspecified atom stereocenters. The van der Waals surface area contributed by atoms with Gasteiger partial charge in [0, 0.05) is 37.7 Å². The third kappa shape index (κ3) is 5.56. The summed E-state index contributed by atoms with van der Waals surface area (Å²) in [4.78, 5) is 12.0. The standard InChI is InChI=1S/C15H13ClF2NO2S.Y/c1-22-9-21-11-4-2-10(3-5-11)13-7-6-12(16)15(20)19(13)8-14(17)18;/h2-6,14H,8-9H2,1H3;/q-1;. The Balaban J connectivity index is 0.00000264. The summed E-state index contributed by atoms with van der Waals surface area (Å²) in [5.41, 5.74) is 0.204. The first-order chi connectivity index (χ1) is 10.5. The molecule has 0 saturated carbocycles. The van der Waals surface area contributed by atoms with Gasteiger partial charge in [-0.3, -0.25) is 4.79 Å². The van der Waals surface area contributed by atoms with Crippen molar-refractivity contribution in [3.63, 3.8) is 0 Å². The maximum absolute atomic E-state index is 12.7. The number of thioether (sulfide) groups is 1. The number of ether oxygens (including phenoxy) is 1. The van der Waals surface area contributed by atoms with Crippen LogP contribution in [0.3, 0.4) is 0 Å². The molecule has 23 heavy (non-hydrogen) atoms. The minimum absolute atomic E-state index is 0. The first-order valence-corrected chi connectivity index (χ1v) is 8.11. The summed E-state index contributed by atoms with van der Waals surface area (Å²) < 4.78 is 31.7. The second kappa shape index (κ2) is 9.77. The van der Waals surface area contributed by atoms with Crippen molar-refractivity contribution >= 4 is 23.4 Å². The Bertz CT molecular complexity index is 695. The molecule has 0 aliphatic carbocycles. The van der Waals surface area contributed by atoms with Gasteiger partial charge in [0.15, 0.2) is 0 Å². The molecule has 2 rings (SSSR count). The van der Waals surface area contributed by atoms with Crippen molar-refractivity contribution in [1.29, 1.82) is 0 Å². The number of benzene rings is 1. The molecule has 0 bridgehead atoms. The number of aromatic nitrogens is 1. The van der Waals surface area contributed by atoms with Crippen LogP contribution >= 0.6 is 23.4 Å². The molecule has 0 aliphatic heterocycles. The normalized spacial score (nSPS) is 10.5. The van der Waals surface area contributed by atoms with Gasteiger partial charge in [0.1, 0.15) is 11.7 Å². The van der Waals surface area contributed by atoms with E-state index < -0.39 is 18.5 Å². The van der Waals surface area contributed by atoms with Crippen LogP contribution in [0.15, 0.2) is 35.1 Å². The van der Waals surface area contributed by atoms with Crippen LogP contribution in [-0.4, -0.2) is 23.2 Å². The van der Waals surface area contributed by atoms with Gasteiger partial charge in [-0.05, 0) is 18.4 Å². The van der Waals surface area contributed by atoms with Gasteiger partial charge in [-0.15, -0.1) is 23.9 Å². The summed E-state index contributed by atoms with van der Waals surface area (Å²) in [6.45, 7) is -0.726. The Kier molecular flexibility index (Phi) is 8.76. The molecular weight excluding hydrogens is 421 g/mol. The van der Waals surface area contributed by atoms with E-state index in [1.165, 1.54) is 17.8 Å². The average Bonchev–Trinajstić information content (AvgIpc) is 2.50. The largest absolute Gasteiger partial charge is 0.483 e. The van der Waals surface area contributed by atoms with Crippen LogP contribution in [0.25, 0.3) is 11.3 Å². The topological polar surface area (TPSA) is 31.2 Å².